The standard InChI is InChI=1S/C29H40N4O5/c1-29(2,3)38-28(35)32(4)25-17-33(16-22(25)19-36-5)26-14-11-21-15-23(12-13-24(21)31-26)30-27(34)37-18-20-9-7-6-8-10-20/h6-11,14,22-23,25H,12-13,15-19H2,1-5H3,(H,30,34)/t22-,23-,25+/m0/s1. The average Bonchev–Trinajstić information content (AvgIpc) is 3.30. The number of hydrogen-bond donors (Lipinski definition) is 1. The number of benzene rings is 1. The number of ether oxygens (including phenoxy) is 3. The van der Waals surface area contributed by atoms with E-state index in [1.54, 1.807) is 19.1 Å². The van der Waals surface area contributed by atoms with Crippen LogP contribution in [0, 0.1) is 5.92 Å². The predicted molar refractivity (Wildman–Crippen MR) is 145 cm³/mol. The van der Waals surface area contributed by atoms with Gasteiger partial charge in [-0.3, -0.25) is 0 Å². The summed E-state index contributed by atoms with van der Waals surface area (Å²) in [6.07, 6.45) is 1.58. The lowest BCUT2D eigenvalue weighted by molar-refractivity contribution is 0.0161. The summed E-state index contributed by atoms with van der Waals surface area (Å²) >= 11 is 0. The van der Waals surface area contributed by atoms with Crippen LogP contribution in [0.2, 0.25) is 0 Å². The lowest BCUT2D eigenvalue weighted by atomic mass is 9.92. The van der Waals surface area contributed by atoms with E-state index >= 15 is 0 Å². The van der Waals surface area contributed by atoms with Crippen molar-refractivity contribution in [1.82, 2.24) is 15.2 Å². The van der Waals surface area contributed by atoms with Crippen LogP contribution in [0.15, 0.2) is 42.5 Å². The maximum atomic E-state index is 12.7. The Morgan fingerprint density at radius 3 is 2.61 bits per heavy atom. The van der Waals surface area contributed by atoms with Crippen LogP contribution >= 0.6 is 0 Å². The Kier molecular flexibility index (Phi) is 8.76. The van der Waals surface area contributed by atoms with Crippen molar-refractivity contribution in [1.29, 1.82) is 0 Å². The van der Waals surface area contributed by atoms with Gasteiger partial charge >= 0.3 is 12.2 Å². The Morgan fingerprint density at radius 1 is 1.13 bits per heavy atom. The highest BCUT2D eigenvalue weighted by Crippen LogP contribution is 2.29. The van der Waals surface area contributed by atoms with Crippen LogP contribution in [0.1, 0.15) is 44.0 Å². The van der Waals surface area contributed by atoms with Gasteiger partial charge in [-0.05, 0) is 57.2 Å². The fourth-order valence-electron chi connectivity index (χ4n) is 5.16. The zero-order valence-corrected chi connectivity index (χ0v) is 23.1. The molecule has 1 aromatic carbocycles. The van der Waals surface area contributed by atoms with Crippen molar-refractivity contribution >= 4 is 18.0 Å². The minimum absolute atomic E-state index is 0.0168. The van der Waals surface area contributed by atoms with Crippen molar-refractivity contribution in [2.75, 3.05) is 38.8 Å². The molecule has 1 N–H and O–H groups in total. The van der Waals surface area contributed by atoms with E-state index in [2.05, 4.69) is 16.3 Å². The molecule has 0 unspecified atom stereocenters. The topological polar surface area (TPSA) is 93.2 Å². The number of likely N-dealkylation sites (N-methyl/N-ethyl adjacent to an activating group) is 1. The van der Waals surface area contributed by atoms with Gasteiger partial charge < -0.3 is 29.3 Å². The van der Waals surface area contributed by atoms with E-state index in [0.717, 1.165) is 48.4 Å². The van der Waals surface area contributed by atoms with E-state index in [1.807, 2.05) is 57.2 Å². The van der Waals surface area contributed by atoms with E-state index in [-0.39, 0.29) is 30.7 Å². The molecule has 2 aromatic rings. The van der Waals surface area contributed by atoms with Crippen LogP contribution in [-0.2, 0) is 33.7 Å². The summed E-state index contributed by atoms with van der Waals surface area (Å²) in [6.45, 7) is 7.82. The zero-order valence-electron chi connectivity index (χ0n) is 23.1. The number of rotatable bonds is 7. The first-order valence-electron chi connectivity index (χ1n) is 13.3. The normalized spacial score (nSPS) is 21.0. The smallest absolute Gasteiger partial charge is 0.410 e. The number of aromatic nitrogens is 1. The van der Waals surface area contributed by atoms with Crippen LogP contribution in [0.5, 0.6) is 0 Å². The fourth-order valence-corrected chi connectivity index (χ4v) is 5.16. The quantitative estimate of drug-likeness (QED) is 0.581. The second-order valence-corrected chi connectivity index (χ2v) is 11.2. The van der Waals surface area contributed by atoms with Crippen LogP contribution in [0.4, 0.5) is 15.4 Å². The Hall–Kier alpha value is -3.33. The van der Waals surface area contributed by atoms with Crippen molar-refractivity contribution in [3.63, 3.8) is 0 Å². The molecule has 0 saturated carbocycles. The number of carbonyl (C=O) groups is 2. The molecule has 0 radical (unpaired) electrons. The molecule has 1 fully saturated rings. The highest BCUT2D eigenvalue weighted by Gasteiger charge is 2.39. The monoisotopic (exact) mass is 524 g/mol. The molecular formula is C29H40N4O5. The van der Waals surface area contributed by atoms with Gasteiger partial charge in [-0.15, -0.1) is 0 Å². The summed E-state index contributed by atoms with van der Waals surface area (Å²) in [5.74, 6) is 1.05. The van der Waals surface area contributed by atoms with Gasteiger partial charge in [0, 0.05) is 44.9 Å². The minimum Gasteiger partial charge on any atom is -0.445 e. The lowest BCUT2D eigenvalue weighted by Gasteiger charge is -2.31. The second-order valence-electron chi connectivity index (χ2n) is 11.2. The number of hydrogen-bond acceptors (Lipinski definition) is 7. The number of pyridine rings is 1. The number of alkyl carbamates (subject to hydrolysis) is 1. The number of aryl methyl sites for hydroxylation is 1. The number of anilines is 1. The number of nitrogens with zero attached hydrogens (tertiary/aromatic N) is 3. The largest absolute Gasteiger partial charge is 0.445 e. The molecule has 2 aliphatic rings. The molecule has 206 valence electrons. The maximum Gasteiger partial charge on any atom is 0.410 e. The van der Waals surface area contributed by atoms with Gasteiger partial charge in [0.15, 0.2) is 0 Å². The molecule has 3 atom stereocenters. The van der Waals surface area contributed by atoms with Gasteiger partial charge in [-0.2, -0.15) is 0 Å². The van der Waals surface area contributed by atoms with E-state index < -0.39 is 11.7 Å². The van der Waals surface area contributed by atoms with Crippen molar-refractivity contribution < 1.29 is 23.8 Å². The van der Waals surface area contributed by atoms with Gasteiger partial charge in [0.2, 0.25) is 0 Å². The Bertz CT molecular complexity index is 1100. The molecule has 1 aliphatic carbocycles. The molecule has 1 aromatic heterocycles. The number of methoxy groups -OCH3 is 1. The molecule has 1 aliphatic heterocycles. The number of nitrogens with one attached hydrogen (secondary N) is 1. The van der Waals surface area contributed by atoms with E-state index in [1.165, 1.54) is 0 Å². The summed E-state index contributed by atoms with van der Waals surface area (Å²) in [5.41, 5.74) is 2.61. The fraction of sp³-hybridized carbons (Fsp3) is 0.552. The summed E-state index contributed by atoms with van der Waals surface area (Å²) in [7, 11) is 3.48. The van der Waals surface area contributed by atoms with Crippen LogP contribution in [0.25, 0.3) is 0 Å². The van der Waals surface area contributed by atoms with E-state index in [4.69, 9.17) is 19.2 Å². The number of fused-ring (bicyclic) bond motifs is 1. The van der Waals surface area contributed by atoms with Crippen molar-refractivity contribution in [3.05, 3.63) is 59.3 Å². The van der Waals surface area contributed by atoms with Gasteiger partial charge in [-0.25, -0.2) is 14.6 Å². The summed E-state index contributed by atoms with van der Waals surface area (Å²) < 4.78 is 16.5. The third-order valence-electron chi connectivity index (χ3n) is 7.07. The zero-order chi connectivity index (χ0) is 27.3. The summed E-state index contributed by atoms with van der Waals surface area (Å²) in [6, 6.07) is 13.8. The van der Waals surface area contributed by atoms with Gasteiger partial charge in [0.1, 0.15) is 18.0 Å². The van der Waals surface area contributed by atoms with Gasteiger partial charge in [0.25, 0.3) is 0 Å². The van der Waals surface area contributed by atoms with E-state index in [0.29, 0.717) is 13.2 Å². The van der Waals surface area contributed by atoms with Gasteiger partial charge in [0.05, 0.1) is 12.6 Å². The maximum absolute atomic E-state index is 12.7. The predicted octanol–water partition coefficient (Wildman–Crippen LogP) is 4.18. The SMILES string of the molecule is COC[C@@H]1CN(c2ccc3c(n2)CC[C@H](NC(=O)OCc2ccccc2)C3)C[C@H]1N(C)C(=O)OC(C)(C)C. The van der Waals surface area contributed by atoms with Crippen molar-refractivity contribution in [3.8, 4) is 0 Å². The summed E-state index contributed by atoms with van der Waals surface area (Å²) in [4.78, 5) is 34.0. The molecule has 4 rings (SSSR count). The molecule has 1 saturated heterocycles. The van der Waals surface area contributed by atoms with Crippen LogP contribution in [0.3, 0.4) is 0 Å². The first-order chi connectivity index (χ1) is 18.1. The molecule has 2 amide bonds. The molecule has 9 nitrogen and oxygen atoms in total. The Labute approximate surface area is 225 Å². The molecule has 2 heterocycles. The highest BCUT2D eigenvalue weighted by molar-refractivity contribution is 5.69. The Morgan fingerprint density at radius 2 is 1.89 bits per heavy atom. The summed E-state index contributed by atoms with van der Waals surface area (Å²) in [5, 5.41) is 3.00. The van der Waals surface area contributed by atoms with Crippen molar-refractivity contribution in [2.24, 2.45) is 5.92 Å². The molecule has 0 spiro atoms. The number of amides is 2. The Balaban J connectivity index is 1.35. The molecule has 38 heavy (non-hydrogen) atoms. The molecular weight excluding hydrogens is 484 g/mol. The van der Waals surface area contributed by atoms with E-state index in [9.17, 15) is 9.59 Å². The molecule has 0 bridgehead atoms. The highest BCUT2D eigenvalue weighted by atomic mass is 16.6. The second kappa shape index (κ2) is 12.0. The number of carbonyl (C=O) groups excluding carboxylic acids is 2. The third-order valence-corrected chi connectivity index (χ3v) is 7.07. The molecule has 9 heteroatoms. The first kappa shape index (κ1) is 27.7. The first-order valence-corrected chi connectivity index (χ1v) is 13.3. The average molecular weight is 525 g/mol. The van der Waals surface area contributed by atoms with Gasteiger partial charge in [-0.1, -0.05) is 36.4 Å². The van der Waals surface area contributed by atoms with Crippen LogP contribution in [-0.4, -0.2) is 73.6 Å². The third kappa shape index (κ3) is 7.16. The van der Waals surface area contributed by atoms with Crippen LogP contribution < -0.4 is 10.2 Å². The van der Waals surface area contributed by atoms with Crippen molar-refractivity contribution in [2.45, 2.75) is 64.3 Å². The lowest BCUT2D eigenvalue weighted by Crippen LogP contribution is -2.45. The minimum atomic E-state index is -0.550.